The number of alkyl halides is 2. The minimum Gasteiger partial charge on any atom is -0.0918 e. The molecule has 0 bridgehead atoms. The molecule has 1 aromatic rings. The topological polar surface area (TPSA) is 0 Å². The van der Waals surface area contributed by atoms with Crippen molar-refractivity contribution in [2.24, 2.45) is 0 Å². The first-order valence-electron chi connectivity index (χ1n) is 6.87. The van der Waals surface area contributed by atoms with Crippen LogP contribution in [-0.4, -0.2) is 10.7 Å². The van der Waals surface area contributed by atoms with Crippen molar-refractivity contribution in [3.05, 3.63) is 35.4 Å². The molecular formula is C16H24Br2. The average molecular weight is 376 g/mol. The normalized spacial score (nSPS) is 11.8. The molecule has 0 fully saturated rings. The lowest BCUT2D eigenvalue weighted by molar-refractivity contribution is 0.466. The van der Waals surface area contributed by atoms with E-state index in [1.165, 1.54) is 43.2 Å². The van der Waals surface area contributed by atoms with Crippen molar-refractivity contribution in [2.75, 3.05) is 10.7 Å². The van der Waals surface area contributed by atoms with Crippen LogP contribution in [0.2, 0.25) is 0 Å². The van der Waals surface area contributed by atoms with E-state index >= 15 is 0 Å². The van der Waals surface area contributed by atoms with Gasteiger partial charge in [-0.1, -0.05) is 94.3 Å². The van der Waals surface area contributed by atoms with Crippen LogP contribution in [0.3, 0.4) is 0 Å². The van der Waals surface area contributed by atoms with Gasteiger partial charge in [0.2, 0.25) is 0 Å². The van der Waals surface area contributed by atoms with Crippen LogP contribution >= 0.6 is 31.9 Å². The van der Waals surface area contributed by atoms with Crippen LogP contribution in [0.1, 0.15) is 50.2 Å². The standard InChI is InChI=1S/C16H24Br2/c1-3-4-5-6-11-16(12-17,13-18)15-9-7-14(2)8-10-15/h7-10H,3-6,11-13H2,1-2H3. The van der Waals surface area contributed by atoms with Crippen molar-refractivity contribution in [3.8, 4) is 0 Å². The molecule has 0 aliphatic rings. The molecule has 0 nitrogen and oxygen atoms in total. The third-order valence-electron chi connectivity index (χ3n) is 3.68. The highest BCUT2D eigenvalue weighted by Crippen LogP contribution is 2.34. The molecule has 0 unspecified atom stereocenters. The second-order valence-electron chi connectivity index (χ2n) is 5.22. The van der Waals surface area contributed by atoms with E-state index in [4.69, 9.17) is 0 Å². The van der Waals surface area contributed by atoms with E-state index in [-0.39, 0.29) is 5.41 Å². The van der Waals surface area contributed by atoms with Gasteiger partial charge in [0.05, 0.1) is 0 Å². The van der Waals surface area contributed by atoms with E-state index in [0.717, 1.165) is 10.7 Å². The first-order chi connectivity index (χ1) is 8.68. The Hall–Kier alpha value is 0.180. The number of hydrogen-bond acceptors (Lipinski definition) is 0. The van der Waals surface area contributed by atoms with Gasteiger partial charge < -0.3 is 0 Å². The van der Waals surface area contributed by atoms with Crippen LogP contribution in [0.4, 0.5) is 0 Å². The summed E-state index contributed by atoms with van der Waals surface area (Å²) in [7, 11) is 0. The van der Waals surface area contributed by atoms with Crippen molar-refractivity contribution in [1.82, 2.24) is 0 Å². The van der Waals surface area contributed by atoms with Gasteiger partial charge in [-0.15, -0.1) is 0 Å². The fourth-order valence-corrected chi connectivity index (χ4v) is 4.40. The lowest BCUT2D eigenvalue weighted by Gasteiger charge is -2.31. The van der Waals surface area contributed by atoms with Crippen molar-refractivity contribution < 1.29 is 0 Å². The number of hydrogen-bond donors (Lipinski definition) is 0. The van der Waals surface area contributed by atoms with Gasteiger partial charge >= 0.3 is 0 Å². The van der Waals surface area contributed by atoms with E-state index in [1.54, 1.807) is 0 Å². The fraction of sp³-hybridized carbons (Fsp3) is 0.625. The Labute approximate surface area is 129 Å². The van der Waals surface area contributed by atoms with Gasteiger partial charge in [0.25, 0.3) is 0 Å². The Kier molecular flexibility index (Phi) is 7.55. The third-order valence-corrected chi connectivity index (χ3v) is 5.83. The summed E-state index contributed by atoms with van der Waals surface area (Å²) in [6.07, 6.45) is 6.59. The lowest BCUT2D eigenvalue weighted by atomic mass is 9.79. The van der Waals surface area contributed by atoms with E-state index < -0.39 is 0 Å². The SMILES string of the molecule is CCCCCCC(CBr)(CBr)c1ccc(C)cc1. The monoisotopic (exact) mass is 374 g/mol. The van der Waals surface area contributed by atoms with E-state index in [9.17, 15) is 0 Å². The zero-order valence-electron chi connectivity index (χ0n) is 11.5. The lowest BCUT2D eigenvalue weighted by Crippen LogP contribution is -2.30. The molecule has 0 atom stereocenters. The van der Waals surface area contributed by atoms with Gasteiger partial charge in [-0.3, -0.25) is 0 Å². The molecule has 0 N–H and O–H groups in total. The van der Waals surface area contributed by atoms with Crippen LogP contribution in [-0.2, 0) is 5.41 Å². The summed E-state index contributed by atoms with van der Waals surface area (Å²) in [6.45, 7) is 4.41. The Morgan fingerprint density at radius 3 is 2.06 bits per heavy atom. The number of halogens is 2. The number of benzene rings is 1. The summed E-state index contributed by atoms with van der Waals surface area (Å²) in [4.78, 5) is 0. The summed E-state index contributed by atoms with van der Waals surface area (Å²) in [6, 6.07) is 9.03. The van der Waals surface area contributed by atoms with Crippen molar-refractivity contribution in [2.45, 2.75) is 51.4 Å². The second kappa shape index (κ2) is 8.37. The molecule has 0 aromatic heterocycles. The molecule has 1 rings (SSSR count). The molecule has 1 aromatic carbocycles. The Balaban J connectivity index is 2.75. The molecule has 0 radical (unpaired) electrons. The van der Waals surface area contributed by atoms with Crippen LogP contribution < -0.4 is 0 Å². The summed E-state index contributed by atoms with van der Waals surface area (Å²) in [5.74, 6) is 0. The van der Waals surface area contributed by atoms with Crippen LogP contribution in [0.25, 0.3) is 0 Å². The molecule has 0 aliphatic heterocycles. The molecular weight excluding hydrogens is 352 g/mol. The van der Waals surface area contributed by atoms with Gasteiger partial charge in [-0.25, -0.2) is 0 Å². The highest BCUT2D eigenvalue weighted by Gasteiger charge is 2.29. The van der Waals surface area contributed by atoms with Crippen LogP contribution in [0, 0.1) is 6.92 Å². The maximum Gasteiger partial charge on any atom is 0.0147 e. The summed E-state index contributed by atoms with van der Waals surface area (Å²) >= 11 is 7.46. The Bertz CT molecular complexity index is 325. The van der Waals surface area contributed by atoms with Crippen LogP contribution in [0.15, 0.2) is 24.3 Å². The van der Waals surface area contributed by atoms with Crippen molar-refractivity contribution in [3.63, 3.8) is 0 Å². The summed E-state index contributed by atoms with van der Waals surface area (Å²) in [5.41, 5.74) is 3.04. The number of unbranched alkanes of at least 4 members (excludes halogenated alkanes) is 3. The highest BCUT2D eigenvalue weighted by atomic mass is 79.9. The predicted octanol–water partition coefficient (Wildman–Crippen LogP) is 5.99. The third kappa shape index (κ3) is 4.38. The summed E-state index contributed by atoms with van der Waals surface area (Å²) in [5, 5.41) is 2.06. The molecule has 18 heavy (non-hydrogen) atoms. The molecule has 0 heterocycles. The maximum absolute atomic E-state index is 3.73. The van der Waals surface area contributed by atoms with Crippen molar-refractivity contribution >= 4 is 31.9 Å². The zero-order valence-corrected chi connectivity index (χ0v) is 14.7. The molecule has 0 saturated heterocycles. The predicted molar refractivity (Wildman–Crippen MR) is 89.2 cm³/mol. The second-order valence-corrected chi connectivity index (χ2v) is 6.35. The highest BCUT2D eigenvalue weighted by molar-refractivity contribution is 9.09. The maximum atomic E-state index is 3.73. The van der Waals surface area contributed by atoms with Gasteiger partial charge in [0.1, 0.15) is 0 Å². The van der Waals surface area contributed by atoms with E-state index in [1.807, 2.05) is 0 Å². The number of aryl methyl sites for hydroxylation is 1. The van der Waals surface area contributed by atoms with Gasteiger partial charge in [0, 0.05) is 16.1 Å². The van der Waals surface area contributed by atoms with Crippen LogP contribution in [0.5, 0.6) is 0 Å². The summed E-state index contributed by atoms with van der Waals surface area (Å²) < 4.78 is 0. The molecule has 0 amide bonds. The molecule has 0 spiro atoms. The molecule has 102 valence electrons. The first kappa shape index (κ1) is 16.2. The average Bonchev–Trinajstić information content (AvgIpc) is 2.41. The van der Waals surface area contributed by atoms with E-state index in [2.05, 4.69) is 70.0 Å². The smallest absolute Gasteiger partial charge is 0.0147 e. The van der Waals surface area contributed by atoms with Gasteiger partial charge in [0.15, 0.2) is 0 Å². The fourth-order valence-electron chi connectivity index (χ4n) is 2.27. The van der Waals surface area contributed by atoms with Gasteiger partial charge in [-0.2, -0.15) is 0 Å². The largest absolute Gasteiger partial charge is 0.0918 e. The zero-order chi connectivity index (χ0) is 13.4. The molecule has 0 aliphatic carbocycles. The Morgan fingerprint density at radius 1 is 0.944 bits per heavy atom. The minimum absolute atomic E-state index is 0.251. The molecule has 0 saturated carbocycles. The van der Waals surface area contributed by atoms with Gasteiger partial charge in [-0.05, 0) is 18.9 Å². The molecule has 2 heteroatoms. The Morgan fingerprint density at radius 2 is 1.56 bits per heavy atom. The number of rotatable bonds is 8. The van der Waals surface area contributed by atoms with E-state index in [0.29, 0.717) is 0 Å². The minimum atomic E-state index is 0.251. The quantitative estimate of drug-likeness (QED) is 0.386. The first-order valence-corrected chi connectivity index (χ1v) is 9.12. The van der Waals surface area contributed by atoms with Crippen molar-refractivity contribution in [1.29, 1.82) is 0 Å².